The maximum absolute atomic E-state index is 12.3. The average Bonchev–Trinajstić information content (AvgIpc) is 2.60. The van der Waals surface area contributed by atoms with Gasteiger partial charge in [-0.3, -0.25) is 4.79 Å². The summed E-state index contributed by atoms with van der Waals surface area (Å²) in [5, 5.41) is 6.30. The largest absolute Gasteiger partial charge is 0.351 e. The van der Waals surface area contributed by atoms with Crippen LogP contribution in [0.3, 0.4) is 0 Å². The lowest BCUT2D eigenvalue weighted by molar-refractivity contribution is 0.0922. The Balaban J connectivity index is 1.98. The summed E-state index contributed by atoms with van der Waals surface area (Å²) in [5.41, 5.74) is 0.588. The van der Waals surface area contributed by atoms with Crippen molar-refractivity contribution in [1.82, 2.24) is 15.4 Å². The number of amides is 1. The summed E-state index contributed by atoms with van der Waals surface area (Å²) >= 11 is 0. The van der Waals surface area contributed by atoms with E-state index in [2.05, 4.69) is 22.3 Å². The Hall–Kier alpha value is -1.44. The van der Waals surface area contributed by atoms with Gasteiger partial charge < -0.3 is 10.6 Å². The van der Waals surface area contributed by atoms with Gasteiger partial charge in [0, 0.05) is 18.2 Å². The van der Waals surface area contributed by atoms with E-state index in [1.54, 1.807) is 12.1 Å². The topological polar surface area (TPSA) is 87.3 Å². The molecule has 2 rings (SSSR count). The Morgan fingerprint density at radius 2 is 1.84 bits per heavy atom. The number of hydrogen-bond donors (Lipinski definition) is 3. The van der Waals surface area contributed by atoms with Crippen molar-refractivity contribution in [3.8, 4) is 0 Å². The predicted octanol–water partition coefficient (Wildman–Crippen LogP) is 1.88. The quantitative estimate of drug-likeness (QED) is 0.687. The Morgan fingerprint density at radius 3 is 2.40 bits per heavy atom. The number of nitrogens with one attached hydrogen (secondary N) is 3. The van der Waals surface area contributed by atoms with Crippen molar-refractivity contribution in [2.24, 2.45) is 5.41 Å². The second-order valence-electron chi connectivity index (χ2n) is 7.20. The highest BCUT2D eigenvalue weighted by Crippen LogP contribution is 2.26. The predicted molar refractivity (Wildman–Crippen MR) is 99.1 cm³/mol. The molecule has 1 fully saturated rings. The summed E-state index contributed by atoms with van der Waals surface area (Å²) in [6.07, 6.45) is 2.78. The van der Waals surface area contributed by atoms with E-state index >= 15 is 0 Å². The highest BCUT2D eigenvalue weighted by Gasteiger charge is 2.27. The molecule has 6 nitrogen and oxygen atoms in total. The van der Waals surface area contributed by atoms with Gasteiger partial charge in [-0.1, -0.05) is 13.8 Å². The Morgan fingerprint density at radius 1 is 1.24 bits per heavy atom. The minimum Gasteiger partial charge on any atom is -0.351 e. The molecule has 0 aromatic heterocycles. The molecule has 1 aliphatic rings. The zero-order valence-corrected chi connectivity index (χ0v) is 16.1. The second-order valence-corrected chi connectivity index (χ2v) is 8.91. The first-order valence-corrected chi connectivity index (χ1v) is 10.4. The molecular formula is C18H29N3O3S. The van der Waals surface area contributed by atoms with E-state index in [1.165, 1.54) is 12.1 Å². The molecule has 1 amide bonds. The number of benzene rings is 1. The van der Waals surface area contributed by atoms with Gasteiger partial charge in [0.05, 0.1) is 4.90 Å². The number of piperidine rings is 1. The monoisotopic (exact) mass is 367 g/mol. The Bertz CT molecular complexity index is 680. The van der Waals surface area contributed by atoms with Gasteiger partial charge >= 0.3 is 0 Å². The van der Waals surface area contributed by atoms with Crippen LogP contribution < -0.4 is 15.4 Å². The second kappa shape index (κ2) is 8.29. The lowest BCUT2D eigenvalue weighted by atomic mass is 9.81. The summed E-state index contributed by atoms with van der Waals surface area (Å²) in [4.78, 5) is 12.5. The molecule has 1 atom stereocenters. The molecule has 1 aliphatic heterocycles. The lowest BCUT2D eigenvalue weighted by Crippen LogP contribution is -2.42. The van der Waals surface area contributed by atoms with Crippen LogP contribution in [0.5, 0.6) is 0 Å². The standard InChI is InChI=1S/C18H29N3O3S/c1-4-14(2)21-25(23,24)16-7-5-15(6-8-16)17(22)20-13-18(3)9-11-19-12-10-18/h5-8,14,19,21H,4,9-13H2,1-3H3,(H,20,22). The summed E-state index contributed by atoms with van der Waals surface area (Å²) in [6, 6.07) is 5.95. The summed E-state index contributed by atoms with van der Waals surface area (Å²) in [7, 11) is -3.54. The molecule has 0 radical (unpaired) electrons. The molecule has 0 bridgehead atoms. The number of sulfonamides is 1. The minimum absolute atomic E-state index is 0.115. The third kappa shape index (κ3) is 5.52. The number of carbonyl (C=O) groups excluding carboxylic acids is 1. The van der Waals surface area contributed by atoms with Crippen LogP contribution in [0.15, 0.2) is 29.2 Å². The van der Waals surface area contributed by atoms with Crippen molar-refractivity contribution < 1.29 is 13.2 Å². The van der Waals surface area contributed by atoms with Crippen LogP contribution in [0.25, 0.3) is 0 Å². The molecule has 25 heavy (non-hydrogen) atoms. The molecule has 7 heteroatoms. The van der Waals surface area contributed by atoms with Gasteiger partial charge in [-0.25, -0.2) is 13.1 Å². The van der Waals surface area contributed by atoms with Crippen molar-refractivity contribution in [3.63, 3.8) is 0 Å². The molecule has 1 aromatic rings. The fourth-order valence-corrected chi connectivity index (χ4v) is 4.13. The number of hydrogen-bond acceptors (Lipinski definition) is 4. The normalized spacial score (nSPS) is 18.5. The first-order chi connectivity index (χ1) is 11.8. The van der Waals surface area contributed by atoms with E-state index in [0.29, 0.717) is 18.5 Å². The molecule has 1 heterocycles. The average molecular weight is 368 g/mol. The maximum Gasteiger partial charge on any atom is 0.251 e. The third-order valence-electron chi connectivity index (χ3n) is 4.88. The van der Waals surface area contributed by atoms with Crippen molar-refractivity contribution >= 4 is 15.9 Å². The zero-order valence-electron chi connectivity index (χ0n) is 15.3. The van der Waals surface area contributed by atoms with Crippen molar-refractivity contribution in [2.45, 2.75) is 51.0 Å². The molecule has 3 N–H and O–H groups in total. The smallest absolute Gasteiger partial charge is 0.251 e. The van der Waals surface area contributed by atoms with E-state index in [9.17, 15) is 13.2 Å². The van der Waals surface area contributed by atoms with Crippen LogP contribution in [-0.4, -0.2) is 40.0 Å². The van der Waals surface area contributed by atoms with Crippen molar-refractivity contribution in [2.75, 3.05) is 19.6 Å². The Labute approximate surface area is 150 Å². The first kappa shape index (κ1) is 19.9. The van der Waals surface area contributed by atoms with Crippen LogP contribution in [0, 0.1) is 5.41 Å². The van der Waals surface area contributed by atoms with E-state index in [1.807, 2.05) is 13.8 Å². The van der Waals surface area contributed by atoms with E-state index in [0.717, 1.165) is 25.9 Å². The van der Waals surface area contributed by atoms with E-state index in [-0.39, 0.29) is 22.3 Å². The van der Waals surface area contributed by atoms with Gasteiger partial charge in [0.2, 0.25) is 10.0 Å². The molecule has 0 saturated carbocycles. The molecule has 1 saturated heterocycles. The summed E-state index contributed by atoms with van der Waals surface area (Å²) < 4.78 is 27.1. The molecular weight excluding hydrogens is 338 g/mol. The van der Waals surface area contributed by atoms with Crippen LogP contribution in [-0.2, 0) is 10.0 Å². The lowest BCUT2D eigenvalue weighted by Gasteiger charge is -2.34. The maximum atomic E-state index is 12.3. The van der Waals surface area contributed by atoms with Crippen LogP contribution in [0.1, 0.15) is 50.4 Å². The molecule has 0 aliphatic carbocycles. The Kier molecular flexibility index (Phi) is 6.59. The van der Waals surface area contributed by atoms with Gasteiger partial charge in [-0.05, 0) is 69.0 Å². The molecule has 1 aromatic carbocycles. The van der Waals surface area contributed by atoms with Crippen LogP contribution >= 0.6 is 0 Å². The fraction of sp³-hybridized carbons (Fsp3) is 0.611. The number of carbonyl (C=O) groups is 1. The van der Waals surface area contributed by atoms with Gasteiger partial charge in [-0.2, -0.15) is 0 Å². The van der Waals surface area contributed by atoms with Gasteiger partial charge in [0.25, 0.3) is 5.91 Å². The molecule has 1 unspecified atom stereocenters. The highest BCUT2D eigenvalue weighted by atomic mass is 32.2. The number of rotatable bonds is 7. The van der Waals surface area contributed by atoms with Crippen molar-refractivity contribution in [1.29, 1.82) is 0 Å². The third-order valence-corrected chi connectivity index (χ3v) is 6.49. The van der Waals surface area contributed by atoms with Crippen LogP contribution in [0.2, 0.25) is 0 Å². The van der Waals surface area contributed by atoms with Gasteiger partial charge in [-0.15, -0.1) is 0 Å². The molecule has 140 valence electrons. The highest BCUT2D eigenvalue weighted by molar-refractivity contribution is 7.89. The summed E-state index contributed by atoms with van der Waals surface area (Å²) in [5.74, 6) is -0.168. The van der Waals surface area contributed by atoms with Gasteiger partial charge in [0.15, 0.2) is 0 Å². The SMILES string of the molecule is CCC(C)NS(=O)(=O)c1ccc(C(=O)NCC2(C)CCNCC2)cc1. The zero-order chi connectivity index (χ0) is 18.5. The van der Waals surface area contributed by atoms with Crippen LogP contribution in [0.4, 0.5) is 0 Å². The fourth-order valence-electron chi connectivity index (χ4n) is 2.80. The molecule has 0 spiro atoms. The van der Waals surface area contributed by atoms with E-state index in [4.69, 9.17) is 0 Å². The van der Waals surface area contributed by atoms with Crippen molar-refractivity contribution in [3.05, 3.63) is 29.8 Å². The van der Waals surface area contributed by atoms with Gasteiger partial charge in [0.1, 0.15) is 0 Å². The van der Waals surface area contributed by atoms with E-state index < -0.39 is 10.0 Å². The minimum atomic E-state index is -3.54. The summed E-state index contributed by atoms with van der Waals surface area (Å²) in [6.45, 7) is 8.50. The first-order valence-electron chi connectivity index (χ1n) is 8.87.